The minimum Gasteiger partial charge on any atom is -0.366 e. The summed E-state index contributed by atoms with van der Waals surface area (Å²) in [5.74, 6) is 1.69. The van der Waals surface area contributed by atoms with Crippen LogP contribution < -0.4 is 5.32 Å². The van der Waals surface area contributed by atoms with Gasteiger partial charge in [-0.05, 0) is 17.8 Å². The van der Waals surface area contributed by atoms with Gasteiger partial charge in [-0.15, -0.1) is 0 Å². The Labute approximate surface area is 137 Å². The van der Waals surface area contributed by atoms with Crippen LogP contribution in [0.2, 0.25) is 0 Å². The van der Waals surface area contributed by atoms with Crippen molar-refractivity contribution in [3.05, 3.63) is 0 Å². The van der Waals surface area contributed by atoms with Gasteiger partial charge in [0.1, 0.15) is 13.5 Å². The first-order valence-corrected chi connectivity index (χ1v) is 8.58. The van der Waals surface area contributed by atoms with Crippen LogP contribution in [0.1, 0.15) is 41.5 Å². The van der Waals surface area contributed by atoms with Crippen molar-refractivity contribution in [2.45, 2.75) is 41.5 Å². The van der Waals surface area contributed by atoms with E-state index in [1.54, 1.807) is 0 Å². The van der Waals surface area contributed by atoms with E-state index in [-0.39, 0.29) is 0 Å². The molecule has 0 aromatic heterocycles. The second-order valence-corrected chi connectivity index (χ2v) is 7.09. The van der Waals surface area contributed by atoms with Gasteiger partial charge in [-0.25, -0.2) is 0 Å². The summed E-state index contributed by atoms with van der Waals surface area (Å²) in [7, 11) is 0. The molecule has 0 atom stereocenters. The highest BCUT2D eigenvalue weighted by Gasteiger charge is 2.06. The Hall–Kier alpha value is -0.200. The van der Waals surface area contributed by atoms with Crippen molar-refractivity contribution >= 4 is 0 Å². The van der Waals surface area contributed by atoms with Crippen LogP contribution in [0.3, 0.4) is 0 Å². The number of rotatable bonds is 15. The van der Waals surface area contributed by atoms with E-state index in [1.807, 2.05) is 0 Å². The molecule has 1 N–H and O–H groups in total. The second kappa shape index (κ2) is 14.4. The molecule has 0 aromatic carbocycles. The molecule has 0 fully saturated rings. The van der Waals surface area contributed by atoms with Gasteiger partial charge in [-0.1, -0.05) is 41.5 Å². The zero-order chi connectivity index (χ0) is 16.8. The van der Waals surface area contributed by atoms with Crippen molar-refractivity contribution in [1.82, 2.24) is 10.2 Å². The van der Waals surface area contributed by atoms with E-state index in [0.717, 1.165) is 32.9 Å². The highest BCUT2D eigenvalue weighted by molar-refractivity contribution is 4.52. The third-order valence-electron chi connectivity index (χ3n) is 2.71. The molecule has 0 bridgehead atoms. The van der Waals surface area contributed by atoms with Crippen LogP contribution in [-0.4, -0.2) is 58.0 Å². The molecule has 0 radical (unpaired) electrons. The molecule has 0 amide bonds. The molecule has 0 aliphatic heterocycles. The Kier molecular flexibility index (Phi) is 14.3. The highest BCUT2D eigenvalue weighted by Crippen LogP contribution is 1.98. The Bertz CT molecular complexity index is 222. The zero-order valence-electron chi connectivity index (χ0n) is 15.6. The van der Waals surface area contributed by atoms with E-state index >= 15 is 0 Å². The van der Waals surface area contributed by atoms with Gasteiger partial charge >= 0.3 is 0 Å². The average molecular weight is 319 g/mol. The average Bonchev–Trinajstić information content (AvgIpc) is 2.40. The topological polar surface area (TPSA) is 43.0 Å². The molecule has 0 saturated heterocycles. The van der Waals surface area contributed by atoms with Crippen LogP contribution in [0.25, 0.3) is 0 Å². The highest BCUT2D eigenvalue weighted by atomic mass is 16.5. The molecule has 0 spiro atoms. The summed E-state index contributed by atoms with van der Waals surface area (Å²) >= 11 is 0. The molecule has 22 heavy (non-hydrogen) atoms. The molecule has 0 aromatic rings. The van der Waals surface area contributed by atoms with Gasteiger partial charge in [0, 0.05) is 13.1 Å². The Morgan fingerprint density at radius 3 is 1.64 bits per heavy atom. The number of nitrogens with zero attached hydrogens (tertiary/aromatic N) is 1. The molecule has 134 valence electrons. The number of nitrogens with one attached hydrogen (secondary N) is 1. The molecular formula is C17H38N2O3. The molecule has 0 saturated carbocycles. The maximum atomic E-state index is 5.71. The van der Waals surface area contributed by atoms with Crippen molar-refractivity contribution in [3.63, 3.8) is 0 Å². The van der Waals surface area contributed by atoms with Crippen LogP contribution in [0.15, 0.2) is 0 Å². The third kappa shape index (κ3) is 16.2. The monoisotopic (exact) mass is 318 g/mol. The number of hydrogen-bond donors (Lipinski definition) is 1. The van der Waals surface area contributed by atoms with Crippen molar-refractivity contribution in [2.24, 2.45) is 17.8 Å². The minimum absolute atomic E-state index is 0.556. The summed E-state index contributed by atoms with van der Waals surface area (Å²) in [6, 6.07) is 0. The normalized spacial score (nSPS) is 12.3. The maximum Gasteiger partial charge on any atom is 0.101 e. The van der Waals surface area contributed by atoms with Crippen molar-refractivity contribution in [1.29, 1.82) is 0 Å². The predicted molar refractivity (Wildman–Crippen MR) is 91.7 cm³/mol. The van der Waals surface area contributed by atoms with Gasteiger partial charge in [0.05, 0.1) is 26.6 Å². The summed E-state index contributed by atoms with van der Waals surface area (Å²) in [4.78, 5) is 2.18. The lowest BCUT2D eigenvalue weighted by molar-refractivity contribution is -0.0551. The summed E-state index contributed by atoms with van der Waals surface area (Å²) in [5.41, 5.74) is 0. The van der Waals surface area contributed by atoms with Gasteiger partial charge in [0.2, 0.25) is 0 Å². The first-order chi connectivity index (χ1) is 10.4. The van der Waals surface area contributed by atoms with Gasteiger partial charge in [-0.2, -0.15) is 0 Å². The lowest BCUT2D eigenvalue weighted by atomic mass is 10.2. The van der Waals surface area contributed by atoms with Crippen molar-refractivity contribution in [3.8, 4) is 0 Å². The van der Waals surface area contributed by atoms with E-state index in [2.05, 4.69) is 51.8 Å². The molecule has 0 aliphatic carbocycles. The Morgan fingerprint density at radius 2 is 1.18 bits per heavy atom. The number of ether oxygens (including phenoxy) is 3. The molecule has 5 heteroatoms. The zero-order valence-corrected chi connectivity index (χ0v) is 15.6. The van der Waals surface area contributed by atoms with Gasteiger partial charge < -0.3 is 14.2 Å². The minimum atomic E-state index is 0.556. The lowest BCUT2D eigenvalue weighted by Crippen LogP contribution is -2.37. The largest absolute Gasteiger partial charge is 0.366 e. The van der Waals surface area contributed by atoms with E-state index in [0.29, 0.717) is 37.9 Å². The van der Waals surface area contributed by atoms with Crippen LogP contribution in [0, 0.1) is 17.8 Å². The SMILES string of the molecule is CC(C)COCNCCN(COCC(C)C)COCC(C)C. The van der Waals surface area contributed by atoms with Crippen molar-refractivity contribution < 1.29 is 14.2 Å². The molecule has 0 unspecified atom stereocenters. The third-order valence-corrected chi connectivity index (χ3v) is 2.71. The Morgan fingerprint density at radius 1 is 0.727 bits per heavy atom. The molecule has 0 rings (SSSR count). The molecule has 0 heterocycles. The fraction of sp³-hybridized carbons (Fsp3) is 1.00. The smallest absolute Gasteiger partial charge is 0.101 e. The molecular weight excluding hydrogens is 280 g/mol. The lowest BCUT2D eigenvalue weighted by Gasteiger charge is -2.23. The van der Waals surface area contributed by atoms with Crippen LogP contribution in [0.4, 0.5) is 0 Å². The standard InChI is InChI=1S/C17H38N2O3/c1-15(2)9-20-12-18-7-8-19(13-21-10-16(3)4)14-22-11-17(5)6/h15-18H,7-14H2,1-6H3. The number of hydrogen-bond acceptors (Lipinski definition) is 5. The summed E-state index contributed by atoms with van der Waals surface area (Å²) in [6.07, 6.45) is 0. The van der Waals surface area contributed by atoms with E-state index in [1.165, 1.54) is 0 Å². The fourth-order valence-corrected chi connectivity index (χ4v) is 1.68. The van der Waals surface area contributed by atoms with Gasteiger partial charge in [0.25, 0.3) is 0 Å². The predicted octanol–water partition coefficient (Wildman–Crippen LogP) is 2.77. The van der Waals surface area contributed by atoms with Crippen molar-refractivity contribution in [2.75, 3.05) is 53.1 Å². The summed E-state index contributed by atoms with van der Waals surface area (Å²) < 4.78 is 16.9. The summed E-state index contributed by atoms with van der Waals surface area (Å²) in [6.45, 7) is 18.9. The quantitative estimate of drug-likeness (QED) is 0.371. The second-order valence-electron chi connectivity index (χ2n) is 7.09. The van der Waals surface area contributed by atoms with E-state index in [9.17, 15) is 0 Å². The van der Waals surface area contributed by atoms with Crippen LogP contribution in [0.5, 0.6) is 0 Å². The van der Waals surface area contributed by atoms with Gasteiger partial charge in [-0.3, -0.25) is 10.2 Å². The maximum absolute atomic E-state index is 5.71. The summed E-state index contributed by atoms with van der Waals surface area (Å²) in [5, 5.41) is 3.29. The fourth-order valence-electron chi connectivity index (χ4n) is 1.68. The molecule has 5 nitrogen and oxygen atoms in total. The van der Waals surface area contributed by atoms with Crippen LogP contribution >= 0.6 is 0 Å². The van der Waals surface area contributed by atoms with Crippen LogP contribution in [-0.2, 0) is 14.2 Å². The first-order valence-electron chi connectivity index (χ1n) is 8.58. The van der Waals surface area contributed by atoms with E-state index < -0.39 is 0 Å². The first kappa shape index (κ1) is 21.8. The molecule has 0 aliphatic rings. The Balaban J connectivity index is 3.80. The van der Waals surface area contributed by atoms with Gasteiger partial charge in [0.15, 0.2) is 0 Å². The van der Waals surface area contributed by atoms with E-state index in [4.69, 9.17) is 14.2 Å².